The predicted octanol–water partition coefficient (Wildman–Crippen LogP) is 2.88. The summed E-state index contributed by atoms with van der Waals surface area (Å²) in [6.45, 7) is 1.36. The first-order valence-corrected chi connectivity index (χ1v) is 9.71. The van der Waals surface area contributed by atoms with Crippen molar-refractivity contribution >= 4 is 11.6 Å². The van der Waals surface area contributed by atoms with Crippen molar-refractivity contribution in [1.82, 2.24) is 5.32 Å². The van der Waals surface area contributed by atoms with Gasteiger partial charge in [-0.15, -0.1) is 0 Å². The van der Waals surface area contributed by atoms with Crippen LogP contribution in [0.3, 0.4) is 0 Å². The second-order valence-electron chi connectivity index (χ2n) is 7.47. The van der Waals surface area contributed by atoms with E-state index in [1.807, 2.05) is 0 Å². The van der Waals surface area contributed by atoms with Crippen LogP contribution in [0.25, 0.3) is 0 Å². The van der Waals surface area contributed by atoms with Crippen LogP contribution in [0.5, 0.6) is 0 Å². The number of halogens is 3. The third kappa shape index (κ3) is 5.27. The van der Waals surface area contributed by atoms with Crippen molar-refractivity contribution in [2.45, 2.75) is 44.4 Å². The third-order valence-corrected chi connectivity index (χ3v) is 5.45. The van der Waals surface area contributed by atoms with Crippen LogP contribution in [0.4, 0.5) is 13.2 Å². The summed E-state index contributed by atoms with van der Waals surface area (Å²) in [5.41, 5.74) is -0.192. The first-order chi connectivity index (χ1) is 13.8. The van der Waals surface area contributed by atoms with Gasteiger partial charge in [0, 0.05) is 39.2 Å². The maximum atomic E-state index is 12.8. The van der Waals surface area contributed by atoms with Crippen molar-refractivity contribution in [3.63, 3.8) is 0 Å². The van der Waals surface area contributed by atoms with Gasteiger partial charge in [-0.2, -0.15) is 13.2 Å². The number of benzene rings is 1. The van der Waals surface area contributed by atoms with Crippen LogP contribution in [0, 0.1) is 5.41 Å². The van der Waals surface area contributed by atoms with Crippen molar-refractivity contribution in [2.75, 3.05) is 26.4 Å². The van der Waals surface area contributed by atoms with Crippen LogP contribution in [0.1, 0.15) is 43.2 Å². The molecular formula is C20H25F3N2O4. The number of ether oxygens (including phenoxy) is 1. The highest BCUT2D eigenvalue weighted by molar-refractivity contribution is 6.01. The van der Waals surface area contributed by atoms with Crippen molar-refractivity contribution in [3.8, 4) is 0 Å². The summed E-state index contributed by atoms with van der Waals surface area (Å²) in [4.78, 5) is 18.3. The van der Waals surface area contributed by atoms with E-state index in [4.69, 9.17) is 14.7 Å². The molecule has 1 fully saturated rings. The molecule has 0 bridgehead atoms. The van der Waals surface area contributed by atoms with Crippen LogP contribution in [0.2, 0.25) is 0 Å². The Hall–Kier alpha value is -2.13. The number of hydrogen-bond acceptors (Lipinski definition) is 5. The number of amides is 1. The molecule has 0 radical (unpaired) electrons. The Morgan fingerprint density at radius 1 is 1.24 bits per heavy atom. The number of hydrogen-bond donors (Lipinski definition) is 2. The highest BCUT2D eigenvalue weighted by Crippen LogP contribution is 2.39. The molecule has 0 saturated carbocycles. The molecule has 2 aliphatic heterocycles. The highest BCUT2D eigenvalue weighted by Gasteiger charge is 2.43. The normalized spacial score (nSPS) is 21.4. The number of carbonyl (C=O) groups excluding carboxylic acids is 1. The maximum absolute atomic E-state index is 12.8. The number of rotatable bonds is 7. The van der Waals surface area contributed by atoms with E-state index in [0.29, 0.717) is 63.1 Å². The summed E-state index contributed by atoms with van der Waals surface area (Å²) in [5.74, 6) is -0.0826. The Bertz CT molecular complexity index is 728. The summed E-state index contributed by atoms with van der Waals surface area (Å²) < 4.78 is 43.6. The van der Waals surface area contributed by atoms with E-state index in [0.717, 1.165) is 12.1 Å². The maximum Gasteiger partial charge on any atom is 0.416 e. The minimum Gasteiger partial charge on any atom is -0.396 e. The molecule has 0 aromatic heterocycles. The molecule has 1 saturated heterocycles. The second kappa shape index (κ2) is 9.13. The molecule has 2 N–H and O–H groups in total. The Morgan fingerprint density at radius 3 is 2.55 bits per heavy atom. The molecular weight excluding hydrogens is 389 g/mol. The molecule has 1 aromatic rings. The molecule has 1 amide bonds. The fourth-order valence-corrected chi connectivity index (χ4v) is 3.75. The molecule has 29 heavy (non-hydrogen) atoms. The first-order valence-electron chi connectivity index (χ1n) is 9.71. The van der Waals surface area contributed by atoms with Gasteiger partial charge >= 0.3 is 6.18 Å². The first kappa shape index (κ1) is 21.6. The molecule has 160 valence electrons. The van der Waals surface area contributed by atoms with Crippen molar-refractivity contribution < 1.29 is 32.6 Å². The lowest BCUT2D eigenvalue weighted by atomic mass is 9.74. The SMILES string of the molecule is O=C(NCCCO)C1(C[C@H]2CC(c3ccc(C(F)(F)F)cc3)=NO2)CCOCC1. The van der Waals surface area contributed by atoms with Crippen LogP contribution in [0.15, 0.2) is 29.4 Å². The number of aliphatic hydroxyl groups is 1. The molecule has 2 heterocycles. The summed E-state index contributed by atoms with van der Waals surface area (Å²) in [6, 6.07) is 4.83. The van der Waals surface area contributed by atoms with Gasteiger partial charge in [-0.3, -0.25) is 4.79 Å². The van der Waals surface area contributed by atoms with Gasteiger partial charge in [-0.05, 0) is 37.0 Å². The monoisotopic (exact) mass is 414 g/mol. The number of alkyl halides is 3. The number of nitrogens with zero attached hydrogens (tertiary/aromatic N) is 1. The zero-order chi connectivity index (χ0) is 20.9. The van der Waals surface area contributed by atoms with E-state index in [-0.39, 0.29) is 18.6 Å². The van der Waals surface area contributed by atoms with E-state index >= 15 is 0 Å². The molecule has 3 rings (SSSR count). The predicted molar refractivity (Wildman–Crippen MR) is 99.3 cm³/mol. The lowest BCUT2D eigenvalue weighted by Gasteiger charge is -2.36. The molecule has 9 heteroatoms. The van der Waals surface area contributed by atoms with E-state index in [9.17, 15) is 18.0 Å². The molecule has 1 atom stereocenters. The Kier molecular flexibility index (Phi) is 6.79. The van der Waals surface area contributed by atoms with Gasteiger partial charge in [0.05, 0.1) is 16.7 Å². The number of oxime groups is 1. The van der Waals surface area contributed by atoms with Crippen LogP contribution < -0.4 is 5.32 Å². The van der Waals surface area contributed by atoms with Gasteiger partial charge in [0.25, 0.3) is 0 Å². The minimum atomic E-state index is -4.38. The quantitative estimate of drug-likeness (QED) is 0.673. The number of nitrogens with one attached hydrogen (secondary N) is 1. The van der Waals surface area contributed by atoms with E-state index in [2.05, 4.69) is 10.5 Å². The zero-order valence-electron chi connectivity index (χ0n) is 16.0. The standard InChI is InChI=1S/C20H25F3N2O4/c21-20(22,23)15-4-2-14(3-5-15)17-12-16(29-25-17)13-19(6-10-28-11-7-19)18(27)24-8-1-9-26/h2-5,16,26H,1,6-13H2,(H,24,27)/t16-/m1/s1. The lowest BCUT2D eigenvalue weighted by Crippen LogP contribution is -2.47. The van der Waals surface area contributed by atoms with Crippen LogP contribution in [-0.2, 0) is 20.5 Å². The summed E-state index contributed by atoms with van der Waals surface area (Å²) in [5, 5.41) is 15.8. The summed E-state index contributed by atoms with van der Waals surface area (Å²) >= 11 is 0. The molecule has 1 aromatic carbocycles. The van der Waals surface area contributed by atoms with Crippen molar-refractivity contribution in [3.05, 3.63) is 35.4 Å². The molecule has 0 spiro atoms. The van der Waals surface area contributed by atoms with E-state index in [1.165, 1.54) is 12.1 Å². The fraction of sp³-hybridized carbons (Fsp3) is 0.600. The lowest BCUT2D eigenvalue weighted by molar-refractivity contribution is -0.140. The van der Waals surface area contributed by atoms with Gasteiger partial charge in [-0.1, -0.05) is 17.3 Å². The summed E-state index contributed by atoms with van der Waals surface area (Å²) in [7, 11) is 0. The topological polar surface area (TPSA) is 80.2 Å². The molecule has 0 unspecified atom stereocenters. The minimum absolute atomic E-state index is 0.00640. The average molecular weight is 414 g/mol. The molecule has 2 aliphatic rings. The smallest absolute Gasteiger partial charge is 0.396 e. The fourth-order valence-electron chi connectivity index (χ4n) is 3.75. The van der Waals surface area contributed by atoms with E-state index < -0.39 is 17.2 Å². The second-order valence-corrected chi connectivity index (χ2v) is 7.47. The Balaban J connectivity index is 1.63. The zero-order valence-corrected chi connectivity index (χ0v) is 16.0. The van der Waals surface area contributed by atoms with Crippen molar-refractivity contribution in [2.24, 2.45) is 10.6 Å². The van der Waals surface area contributed by atoms with Gasteiger partial charge in [-0.25, -0.2) is 0 Å². The van der Waals surface area contributed by atoms with Gasteiger partial charge in [0.15, 0.2) is 0 Å². The van der Waals surface area contributed by atoms with Crippen molar-refractivity contribution in [1.29, 1.82) is 0 Å². The third-order valence-electron chi connectivity index (χ3n) is 5.45. The average Bonchev–Trinajstić information content (AvgIpc) is 3.16. The Labute approximate surface area is 167 Å². The molecule has 0 aliphatic carbocycles. The van der Waals surface area contributed by atoms with Gasteiger partial charge in [0.1, 0.15) is 6.10 Å². The largest absolute Gasteiger partial charge is 0.416 e. The van der Waals surface area contributed by atoms with Crippen LogP contribution in [-0.4, -0.2) is 49.2 Å². The van der Waals surface area contributed by atoms with E-state index in [1.54, 1.807) is 0 Å². The number of carbonyl (C=O) groups is 1. The van der Waals surface area contributed by atoms with Gasteiger partial charge in [0.2, 0.25) is 5.91 Å². The summed E-state index contributed by atoms with van der Waals surface area (Å²) in [6.07, 6.45) is -2.21. The highest BCUT2D eigenvalue weighted by atomic mass is 19.4. The Morgan fingerprint density at radius 2 is 1.93 bits per heavy atom. The molecule has 6 nitrogen and oxygen atoms in total. The number of aliphatic hydroxyl groups excluding tert-OH is 1. The van der Waals surface area contributed by atoms with Gasteiger partial charge < -0.3 is 20.0 Å². The van der Waals surface area contributed by atoms with Crippen LogP contribution >= 0.6 is 0 Å².